The maximum absolute atomic E-state index is 13.7. The summed E-state index contributed by atoms with van der Waals surface area (Å²) < 4.78 is 31.1. The lowest BCUT2D eigenvalue weighted by Crippen LogP contribution is -2.31. The molecule has 0 aliphatic carbocycles. The molecular weight excluding hydrogens is 417 g/mol. The first-order valence-corrected chi connectivity index (χ1v) is 11.5. The van der Waals surface area contributed by atoms with E-state index < -0.39 is 0 Å². The van der Waals surface area contributed by atoms with Crippen molar-refractivity contribution >= 4 is 0 Å². The average molecular weight is 450 g/mol. The smallest absolute Gasteiger partial charge is 0.161 e. The molecule has 0 aromatic heterocycles. The van der Waals surface area contributed by atoms with Crippen LogP contribution in [0.3, 0.4) is 0 Å². The summed E-state index contributed by atoms with van der Waals surface area (Å²) in [6.45, 7) is 5.46. The van der Waals surface area contributed by atoms with E-state index in [0.717, 1.165) is 59.7 Å². The fraction of sp³-hybridized carbons (Fsp3) is 0.357. The Bertz CT molecular complexity index is 1130. The number of fused-ring (bicyclic) bond motifs is 1. The van der Waals surface area contributed by atoms with Crippen molar-refractivity contribution < 1.29 is 18.6 Å². The first-order chi connectivity index (χ1) is 16.0. The van der Waals surface area contributed by atoms with Crippen molar-refractivity contribution in [3.63, 3.8) is 0 Å². The van der Waals surface area contributed by atoms with Crippen LogP contribution in [0.15, 0.2) is 48.5 Å². The molecule has 1 unspecified atom stereocenters. The minimum atomic E-state index is -0.213. The molecule has 1 aliphatic heterocycles. The van der Waals surface area contributed by atoms with Crippen LogP contribution in [0.2, 0.25) is 0 Å². The Hall–Kier alpha value is -3.05. The highest BCUT2D eigenvalue weighted by atomic mass is 19.1. The number of ether oxygens (including phenoxy) is 3. The van der Waals surface area contributed by atoms with Crippen molar-refractivity contribution in [2.75, 3.05) is 27.4 Å². The first kappa shape index (κ1) is 23.1. The van der Waals surface area contributed by atoms with Gasteiger partial charge in [-0.1, -0.05) is 25.1 Å². The molecule has 0 saturated heterocycles. The Labute approximate surface area is 195 Å². The predicted molar refractivity (Wildman–Crippen MR) is 129 cm³/mol. The van der Waals surface area contributed by atoms with Gasteiger partial charge in [0.05, 0.1) is 26.9 Å². The van der Waals surface area contributed by atoms with Crippen LogP contribution in [-0.4, -0.2) is 27.4 Å². The Morgan fingerprint density at radius 1 is 0.939 bits per heavy atom. The summed E-state index contributed by atoms with van der Waals surface area (Å²) in [4.78, 5) is 0. The van der Waals surface area contributed by atoms with Crippen LogP contribution in [0.25, 0.3) is 0 Å². The quantitative estimate of drug-likeness (QED) is 0.488. The highest BCUT2D eigenvalue weighted by molar-refractivity contribution is 5.52. The molecule has 1 N–H and O–H groups in total. The van der Waals surface area contributed by atoms with E-state index >= 15 is 0 Å². The third-order valence-electron chi connectivity index (χ3n) is 6.40. The molecule has 0 amide bonds. The summed E-state index contributed by atoms with van der Waals surface area (Å²) >= 11 is 0. The number of benzene rings is 3. The van der Waals surface area contributed by atoms with Gasteiger partial charge in [-0.15, -0.1) is 0 Å². The molecule has 1 heterocycles. The molecule has 0 spiro atoms. The highest BCUT2D eigenvalue weighted by Gasteiger charge is 2.25. The lowest BCUT2D eigenvalue weighted by molar-refractivity contribution is 0.296. The summed E-state index contributed by atoms with van der Waals surface area (Å²) in [6, 6.07) is 15.5. The van der Waals surface area contributed by atoms with Crippen LogP contribution in [-0.2, 0) is 19.3 Å². The van der Waals surface area contributed by atoms with E-state index in [2.05, 4.69) is 42.6 Å². The molecular formula is C28H32FNO3. The molecule has 33 heavy (non-hydrogen) atoms. The van der Waals surface area contributed by atoms with Gasteiger partial charge in [-0.05, 0) is 83.5 Å². The molecule has 0 fully saturated rings. The maximum atomic E-state index is 13.7. The predicted octanol–water partition coefficient (Wildman–Crippen LogP) is 5.57. The molecule has 174 valence electrons. The second-order valence-electron chi connectivity index (χ2n) is 8.44. The molecule has 4 nitrogen and oxygen atoms in total. The number of nitrogens with one attached hydrogen (secondary N) is 1. The zero-order chi connectivity index (χ0) is 23.4. The van der Waals surface area contributed by atoms with E-state index in [1.54, 1.807) is 20.3 Å². The van der Waals surface area contributed by atoms with Crippen LogP contribution in [0.1, 0.15) is 46.3 Å². The summed E-state index contributed by atoms with van der Waals surface area (Å²) in [5.41, 5.74) is 6.77. The zero-order valence-electron chi connectivity index (χ0n) is 19.8. The molecule has 0 saturated carbocycles. The van der Waals surface area contributed by atoms with Gasteiger partial charge in [-0.2, -0.15) is 0 Å². The van der Waals surface area contributed by atoms with Crippen molar-refractivity contribution in [1.82, 2.24) is 5.32 Å². The van der Waals surface area contributed by atoms with Gasteiger partial charge < -0.3 is 19.5 Å². The van der Waals surface area contributed by atoms with Crippen LogP contribution in [0, 0.1) is 12.7 Å². The third-order valence-corrected chi connectivity index (χ3v) is 6.40. The van der Waals surface area contributed by atoms with Crippen molar-refractivity contribution in [3.8, 4) is 17.2 Å². The summed E-state index contributed by atoms with van der Waals surface area (Å²) in [5, 5.41) is 3.59. The van der Waals surface area contributed by atoms with Crippen molar-refractivity contribution in [2.24, 2.45) is 0 Å². The molecule has 3 aromatic carbocycles. The van der Waals surface area contributed by atoms with E-state index in [1.807, 2.05) is 13.0 Å². The van der Waals surface area contributed by atoms with E-state index in [9.17, 15) is 4.39 Å². The molecule has 5 heteroatoms. The maximum Gasteiger partial charge on any atom is 0.161 e. The van der Waals surface area contributed by atoms with Gasteiger partial charge in [-0.25, -0.2) is 4.39 Å². The van der Waals surface area contributed by atoms with Gasteiger partial charge in [0.2, 0.25) is 0 Å². The zero-order valence-corrected chi connectivity index (χ0v) is 19.8. The van der Waals surface area contributed by atoms with Crippen LogP contribution in [0.5, 0.6) is 17.2 Å². The Morgan fingerprint density at radius 2 is 1.76 bits per heavy atom. The van der Waals surface area contributed by atoms with Gasteiger partial charge in [0, 0.05) is 13.0 Å². The van der Waals surface area contributed by atoms with Gasteiger partial charge in [-0.3, -0.25) is 0 Å². The second-order valence-corrected chi connectivity index (χ2v) is 8.44. The standard InChI is InChI=1S/C28H32FNO3/c1-5-20-7-6-19(15-25(20)31-3)11-13-33-27-17-24-21(16-26(27)32-4)10-12-30-28(24)23-9-8-22(29)14-18(23)2/h6-9,14-17,28,30H,5,10-13H2,1-4H3. The van der Waals surface area contributed by atoms with Gasteiger partial charge in [0.1, 0.15) is 11.6 Å². The normalized spacial score (nSPS) is 15.1. The van der Waals surface area contributed by atoms with E-state index in [0.29, 0.717) is 6.61 Å². The average Bonchev–Trinajstić information content (AvgIpc) is 2.83. The van der Waals surface area contributed by atoms with Crippen molar-refractivity contribution in [1.29, 1.82) is 0 Å². The van der Waals surface area contributed by atoms with Gasteiger partial charge in [0.25, 0.3) is 0 Å². The lowest BCUT2D eigenvalue weighted by atomic mass is 9.87. The third kappa shape index (κ3) is 4.98. The molecule has 0 bridgehead atoms. The first-order valence-electron chi connectivity index (χ1n) is 11.5. The summed E-state index contributed by atoms with van der Waals surface area (Å²) in [7, 11) is 3.38. The molecule has 0 radical (unpaired) electrons. The van der Waals surface area contributed by atoms with Gasteiger partial charge in [0.15, 0.2) is 11.5 Å². The monoisotopic (exact) mass is 449 g/mol. The number of aryl methyl sites for hydroxylation is 2. The highest BCUT2D eigenvalue weighted by Crippen LogP contribution is 2.38. The number of halogens is 1. The Kier molecular flexibility index (Phi) is 7.19. The minimum Gasteiger partial charge on any atom is -0.496 e. The number of hydrogen-bond donors (Lipinski definition) is 1. The second kappa shape index (κ2) is 10.3. The molecule has 1 atom stereocenters. The van der Waals surface area contributed by atoms with Crippen molar-refractivity contribution in [3.05, 3.63) is 87.7 Å². The number of hydrogen-bond acceptors (Lipinski definition) is 4. The van der Waals surface area contributed by atoms with E-state index in [4.69, 9.17) is 14.2 Å². The van der Waals surface area contributed by atoms with Crippen LogP contribution < -0.4 is 19.5 Å². The lowest BCUT2D eigenvalue weighted by Gasteiger charge is -2.29. The summed E-state index contributed by atoms with van der Waals surface area (Å²) in [6.07, 6.45) is 2.61. The fourth-order valence-corrected chi connectivity index (χ4v) is 4.59. The van der Waals surface area contributed by atoms with E-state index in [-0.39, 0.29) is 11.9 Å². The summed E-state index contributed by atoms with van der Waals surface area (Å²) in [5.74, 6) is 2.17. The van der Waals surface area contributed by atoms with Crippen LogP contribution >= 0.6 is 0 Å². The van der Waals surface area contributed by atoms with Crippen LogP contribution in [0.4, 0.5) is 4.39 Å². The number of methoxy groups -OCH3 is 2. The molecule has 3 aromatic rings. The number of rotatable bonds is 8. The topological polar surface area (TPSA) is 39.7 Å². The van der Waals surface area contributed by atoms with Crippen molar-refractivity contribution in [2.45, 2.75) is 39.2 Å². The fourth-order valence-electron chi connectivity index (χ4n) is 4.59. The SMILES string of the molecule is CCc1ccc(CCOc2cc3c(cc2OC)CCNC3c2ccc(F)cc2C)cc1OC. The largest absolute Gasteiger partial charge is 0.496 e. The van der Waals surface area contributed by atoms with E-state index in [1.165, 1.54) is 22.8 Å². The van der Waals surface area contributed by atoms with Gasteiger partial charge >= 0.3 is 0 Å². The Morgan fingerprint density at radius 3 is 2.48 bits per heavy atom. The molecule has 1 aliphatic rings. The Balaban J connectivity index is 1.56. The minimum absolute atomic E-state index is 0.00606. The molecule has 4 rings (SSSR count).